The Labute approximate surface area is 100 Å². The van der Waals surface area contributed by atoms with Crippen LogP contribution in [0.2, 0.25) is 0 Å². The Morgan fingerprint density at radius 1 is 1.41 bits per heavy atom. The molecule has 0 atom stereocenters. The molecular weight excluding hydrogens is 216 g/mol. The summed E-state index contributed by atoms with van der Waals surface area (Å²) in [4.78, 5) is 16.0. The van der Waals surface area contributed by atoms with Crippen LogP contribution in [0, 0.1) is 13.8 Å². The molecule has 2 rings (SSSR count). The van der Waals surface area contributed by atoms with Crippen LogP contribution in [0.1, 0.15) is 35.6 Å². The topological polar surface area (TPSA) is 43.6 Å². The van der Waals surface area contributed by atoms with E-state index in [-0.39, 0.29) is 5.78 Å². The van der Waals surface area contributed by atoms with Crippen LogP contribution < -0.4 is 4.74 Å². The minimum absolute atomic E-state index is 0.0167. The van der Waals surface area contributed by atoms with Crippen LogP contribution in [-0.4, -0.2) is 21.8 Å². The Morgan fingerprint density at radius 2 is 2.12 bits per heavy atom. The molecule has 4 nitrogen and oxygen atoms in total. The van der Waals surface area contributed by atoms with E-state index in [4.69, 9.17) is 4.74 Å². The van der Waals surface area contributed by atoms with Gasteiger partial charge in [-0.3, -0.25) is 9.20 Å². The molecule has 0 saturated carbocycles. The minimum Gasteiger partial charge on any atom is -0.479 e. The number of hydrogen-bond acceptors (Lipinski definition) is 3. The van der Waals surface area contributed by atoms with Crippen molar-refractivity contribution < 1.29 is 9.53 Å². The summed E-state index contributed by atoms with van der Waals surface area (Å²) in [6, 6.07) is 3.59. The number of imidazole rings is 1. The number of carbonyl (C=O) groups is 1. The summed E-state index contributed by atoms with van der Waals surface area (Å²) in [6.07, 6.45) is 0. The largest absolute Gasteiger partial charge is 0.479 e. The average molecular weight is 232 g/mol. The molecule has 0 spiro atoms. The summed E-state index contributed by atoms with van der Waals surface area (Å²) < 4.78 is 7.46. The van der Waals surface area contributed by atoms with Gasteiger partial charge in [-0.25, -0.2) is 4.98 Å². The van der Waals surface area contributed by atoms with Crippen molar-refractivity contribution in [2.24, 2.45) is 0 Å². The van der Waals surface area contributed by atoms with Crippen LogP contribution in [0.4, 0.5) is 0 Å². The number of ether oxygens (including phenoxy) is 1. The maximum Gasteiger partial charge on any atom is 0.199 e. The molecule has 0 aliphatic rings. The lowest BCUT2D eigenvalue weighted by molar-refractivity contribution is 0.101. The van der Waals surface area contributed by atoms with Crippen molar-refractivity contribution in [3.05, 3.63) is 29.1 Å². The quantitative estimate of drug-likeness (QED) is 0.764. The van der Waals surface area contributed by atoms with Gasteiger partial charge in [0.1, 0.15) is 0 Å². The fourth-order valence-electron chi connectivity index (χ4n) is 1.90. The van der Waals surface area contributed by atoms with Gasteiger partial charge >= 0.3 is 0 Å². The lowest BCUT2D eigenvalue weighted by Crippen LogP contribution is -2.04. The molecule has 17 heavy (non-hydrogen) atoms. The van der Waals surface area contributed by atoms with Gasteiger partial charge in [0.2, 0.25) is 0 Å². The summed E-state index contributed by atoms with van der Waals surface area (Å²) >= 11 is 0. The van der Waals surface area contributed by atoms with E-state index in [1.165, 1.54) is 0 Å². The highest BCUT2D eigenvalue weighted by Gasteiger charge is 2.15. The Hall–Kier alpha value is -1.84. The zero-order valence-electron chi connectivity index (χ0n) is 10.6. The smallest absolute Gasteiger partial charge is 0.199 e. The third kappa shape index (κ3) is 1.79. The van der Waals surface area contributed by atoms with Crippen LogP contribution in [0.25, 0.3) is 5.65 Å². The molecule has 4 heteroatoms. The molecule has 0 aliphatic carbocycles. The van der Waals surface area contributed by atoms with Crippen molar-refractivity contribution in [2.45, 2.75) is 27.7 Å². The number of rotatable bonds is 3. The van der Waals surface area contributed by atoms with Gasteiger partial charge in [0.05, 0.1) is 17.9 Å². The van der Waals surface area contributed by atoms with Crippen LogP contribution in [0.15, 0.2) is 12.1 Å². The van der Waals surface area contributed by atoms with Crippen molar-refractivity contribution in [3.8, 4) is 5.88 Å². The maximum absolute atomic E-state index is 11.6. The van der Waals surface area contributed by atoms with Crippen LogP contribution >= 0.6 is 0 Å². The highest BCUT2D eigenvalue weighted by atomic mass is 16.5. The second-order valence-electron chi connectivity index (χ2n) is 4.02. The zero-order valence-corrected chi connectivity index (χ0v) is 10.6. The lowest BCUT2D eigenvalue weighted by atomic mass is 10.2. The molecule has 2 heterocycles. The highest BCUT2D eigenvalue weighted by molar-refractivity contribution is 6.00. The number of Topliss-reactive ketones (excluding diaryl/α,β-unsaturated/α-hetero) is 1. The zero-order chi connectivity index (χ0) is 12.6. The molecule has 0 unspecified atom stereocenters. The van der Waals surface area contributed by atoms with Crippen molar-refractivity contribution in [3.63, 3.8) is 0 Å². The standard InChI is InChI=1S/C13H16N2O2/c1-5-17-12-7-6-11(10(4)16)13-14-8(2)9(3)15(12)13/h6-7H,5H2,1-4H3. The molecular formula is C13H16N2O2. The summed E-state index contributed by atoms with van der Waals surface area (Å²) in [5, 5.41) is 0. The Morgan fingerprint density at radius 3 is 2.71 bits per heavy atom. The second-order valence-corrected chi connectivity index (χ2v) is 4.02. The van der Waals surface area contributed by atoms with E-state index in [9.17, 15) is 4.79 Å². The first kappa shape index (κ1) is 11.6. The molecule has 0 aromatic carbocycles. The van der Waals surface area contributed by atoms with Crippen molar-refractivity contribution in [2.75, 3.05) is 6.61 Å². The number of pyridine rings is 1. The van der Waals surface area contributed by atoms with Gasteiger partial charge in [-0.2, -0.15) is 0 Å². The third-order valence-corrected chi connectivity index (χ3v) is 2.87. The molecule has 2 aromatic heterocycles. The van der Waals surface area contributed by atoms with E-state index >= 15 is 0 Å². The van der Waals surface area contributed by atoms with Gasteiger partial charge in [0.25, 0.3) is 0 Å². The number of aromatic nitrogens is 2. The fraction of sp³-hybridized carbons (Fsp3) is 0.385. The number of fused-ring (bicyclic) bond motifs is 1. The predicted octanol–water partition coefficient (Wildman–Crippen LogP) is 2.55. The normalized spacial score (nSPS) is 10.8. The van der Waals surface area contributed by atoms with E-state index in [0.717, 1.165) is 17.3 Å². The van der Waals surface area contributed by atoms with Gasteiger partial charge in [0, 0.05) is 5.69 Å². The lowest BCUT2D eigenvalue weighted by Gasteiger charge is -2.09. The first-order valence-corrected chi connectivity index (χ1v) is 5.68. The Bertz CT molecular complexity index is 585. The Kier molecular flexibility index (Phi) is 2.88. The highest BCUT2D eigenvalue weighted by Crippen LogP contribution is 2.23. The van der Waals surface area contributed by atoms with E-state index in [2.05, 4.69) is 4.98 Å². The van der Waals surface area contributed by atoms with Gasteiger partial charge in [0.15, 0.2) is 17.3 Å². The summed E-state index contributed by atoms with van der Waals surface area (Å²) in [7, 11) is 0. The fourth-order valence-corrected chi connectivity index (χ4v) is 1.90. The Balaban J connectivity index is 2.81. The van der Waals surface area contributed by atoms with Gasteiger partial charge < -0.3 is 4.74 Å². The number of ketones is 1. The van der Waals surface area contributed by atoms with Gasteiger partial charge in [-0.1, -0.05) is 0 Å². The summed E-state index contributed by atoms with van der Waals surface area (Å²) in [5.41, 5.74) is 3.23. The minimum atomic E-state index is 0.0167. The van der Waals surface area contributed by atoms with E-state index in [0.29, 0.717) is 17.8 Å². The monoisotopic (exact) mass is 232 g/mol. The van der Waals surface area contributed by atoms with Gasteiger partial charge in [-0.15, -0.1) is 0 Å². The third-order valence-electron chi connectivity index (χ3n) is 2.87. The number of nitrogens with zero attached hydrogens (tertiary/aromatic N) is 2. The average Bonchev–Trinajstić information content (AvgIpc) is 2.56. The molecule has 0 fully saturated rings. The van der Waals surface area contributed by atoms with Gasteiger partial charge in [-0.05, 0) is 39.8 Å². The first-order chi connectivity index (χ1) is 8.06. The van der Waals surface area contributed by atoms with Crippen molar-refractivity contribution in [1.29, 1.82) is 0 Å². The van der Waals surface area contributed by atoms with E-state index in [1.807, 2.05) is 31.2 Å². The summed E-state index contributed by atoms with van der Waals surface area (Å²) in [6.45, 7) is 7.98. The number of hydrogen-bond donors (Lipinski definition) is 0. The molecule has 0 bridgehead atoms. The molecule has 0 N–H and O–H groups in total. The van der Waals surface area contributed by atoms with E-state index < -0.39 is 0 Å². The summed E-state index contributed by atoms with van der Waals surface area (Å²) in [5.74, 6) is 0.744. The maximum atomic E-state index is 11.6. The molecule has 90 valence electrons. The van der Waals surface area contributed by atoms with Crippen LogP contribution in [-0.2, 0) is 0 Å². The predicted molar refractivity (Wildman–Crippen MR) is 65.8 cm³/mol. The SMILES string of the molecule is CCOc1ccc(C(C)=O)c2nc(C)c(C)n12. The number of carbonyl (C=O) groups excluding carboxylic acids is 1. The molecule has 0 aliphatic heterocycles. The van der Waals surface area contributed by atoms with Crippen LogP contribution in [0.3, 0.4) is 0 Å². The second kappa shape index (κ2) is 4.20. The first-order valence-electron chi connectivity index (χ1n) is 5.68. The van der Waals surface area contributed by atoms with Crippen molar-refractivity contribution in [1.82, 2.24) is 9.38 Å². The number of aryl methyl sites for hydroxylation is 2. The molecule has 0 radical (unpaired) electrons. The van der Waals surface area contributed by atoms with E-state index in [1.54, 1.807) is 13.0 Å². The van der Waals surface area contributed by atoms with Crippen LogP contribution in [0.5, 0.6) is 5.88 Å². The van der Waals surface area contributed by atoms with Crippen molar-refractivity contribution >= 4 is 11.4 Å². The molecule has 0 saturated heterocycles. The molecule has 2 aromatic rings. The molecule has 0 amide bonds.